The normalized spacial score (nSPS) is 17.8. The van der Waals surface area contributed by atoms with Crippen molar-refractivity contribution >= 4 is 5.97 Å². The fourth-order valence-electron chi connectivity index (χ4n) is 3.59. The van der Waals surface area contributed by atoms with Crippen LogP contribution in [0.4, 0.5) is 0 Å². The molecule has 0 fully saturated rings. The van der Waals surface area contributed by atoms with E-state index >= 15 is 0 Å². The van der Waals surface area contributed by atoms with E-state index in [4.69, 9.17) is 9.47 Å². The molecule has 0 radical (unpaired) electrons. The third-order valence-electron chi connectivity index (χ3n) is 5.21. The lowest BCUT2D eigenvalue weighted by atomic mass is 9.94. The number of ether oxygens (including phenoxy) is 2. The van der Waals surface area contributed by atoms with Crippen LogP contribution < -0.4 is 9.47 Å². The highest BCUT2D eigenvalue weighted by Crippen LogP contribution is 2.42. The van der Waals surface area contributed by atoms with Crippen molar-refractivity contribution in [1.82, 2.24) is 0 Å². The zero-order chi connectivity index (χ0) is 21.7. The maximum absolute atomic E-state index is 12.0. The predicted molar refractivity (Wildman–Crippen MR) is 110 cm³/mol. The van der Waals surface area contributed by atoms with Crippen LogP contribution in [-0.4, -0.2) is 32.5 Å². The lowest BCUT2D eigenvalue weighted by molar-refractivity contribution is -0.134. The topological polar surface area (TPSA) is 116 Å². The highest BCUT2D eigenvalue weighted by molar-refractivity contribution is 5.73. The number of hydrogen-bond donors (Lipinski definition) is 4. The highest BCUT2D eigenvalue weighted by Gasteiger charge is 2.32. The zero-order valence-corrected chi connectivity index (χ0v) is 17.0. The van der Waals surface area contributed by atoms with Gasteiger partial charge in [0.15, 0.2) is 11.5 Å². The molecule has 2 aromatic carbocycles. The third-order valence-corrected chi connectivity index (χ3v) is 5.21. The molecule has 1 aliphatic heterocycles. The molecule has 0 amide bonds. The number of aliphatic hydroxyl groups is 1. The van der Waals surface area contributed by atoms with Crippen molar-refractivity contribution in [2.75, 3.05) is 0 Å². The standard InChI is InChI=1S/C23H28O7/c1-2-3-4-5-6-7-22(28)29-20-9-8-14(10-18(20)26)23-19(27)13-16-17(25)11-15(24)12-21(16)30-23/h8-12,19,23-27H,2-7,13H2,1H3/t19-,23?/m1/s1. The summed E-state index contributed by atoms with van der Waals surface area (Å²) in [6.45, 7) is 2.13. The van der Waals surface area contributed by atoms with Crippen molar-refractivity contribution in [1.29, 1.82) is 0 Å². The first-order valence-corrected chi connectivity index (χ1v) is 10.3. The van der Waals surface area contributed by atoms with E-state index in [9.17, 15) is 25.2 Å². The Morgan fingerprint density at radius 3 is 2.57 bits per heavy atom. The Labute approximate surface area is 175 Å². The Balaban J connectivity index is 1.65. The van der Waals surface area contributed by atoms with Crippen LogP contribution in [-0.2, 0) is 11.2 Å². The van der Waals surface area contributed by atoms with Crippen molar-refractivity contribution in [2.45, 2.75) is 64.1 Å². The van der Waals surface area contributed by atoms with Gasteiger partial charge in [0.25, 0.3) is 0 Å². The molecule has 0 aliphatic carbocycles. The van der Waals surface area contributed by atoms with Crippen LogP contribution in [0, 0.1) is 0 Å². The van der Waals surface area contributed by atoms with E-state index in [2.05, 4.69) is 6.92 Å². The fourth-order valence-corrected chi connectivity index (χ4v) is 3.59. The molecule has 7 nitrogen and oxygen atoms in total. The van der Waals surface area contributed by atoms with Crippen LogP contribution in [0.1, 0.15) is 62.7 Å². The SMILES string of the molecule is CCCCCCCC(=O)Oc1ccc(C2Oc3cc(O)cc(O)c3C[C@H]2O)cc1O. The van der Waals surface area contributed by atoms with Crippen molar-refractivity contribution in [2.24, 2.45) is 0 Å². The Morgan fingerprint density at radius 1 is 1.07 bits per heavy atom. The van der Waals surface area contributed by atoms with Crippen LogP contribution >= 0.6 is 0 Å². The van der Waals surface area contributed by atoms with Crippen LogP contribution in [0.2, 0.25) is 0 Å². The summed E-state index contributed by atoms with van der Waals surface area (Å²) >= 11 is 0. The summed E-state index contributed by atoms with van der Waals surface area (Å²) in [4.78, 5) is 12.0. The lowest BCUT2D eigenvalue weighted by Crippen LogP contribution is -2.30. The van der Waals surface area contributed by atoms with Crippen LogP contribution in [0.5, 0.6) is 28.7 Å². The molecule has 162 valence electrons. The van der Waals surface area contributed by atoms with E-state index in [-0.39, 0.29) is 35.2 Å². The summed E-state index contributed by atoms with van der Waals surface area (Å²) in [5.41, 5.74) is 0.887. The average Bonchev–Trinajstić information content (AvgIpc) is 2.69. The molecule has 0 spiro atoms. The summed E-state index contributed by atoms with van der Waals surface area (Å²) < 4.78 is 11.0. The van der Waals surface area contributed by atoms with Crippen molar-refractivity contribution in [3.63, 3.8) is 0 Å². The molecule has 0 bridgehead atoms. The van der Waals surface area contributed by atoms with E-state index in [1.165, 1.54) is 24.3 Å². The molecule has 0 saturated heterocycles. The van der Waals surface area contributed by atoms with E-state index in [0.29, 0.717) is 17.5 Å². The van der Waals surface area contributed by atoms with Crippen molar-refractivity contribution < 1.29 is 34.7 Å². The lowest BCUT2D eigenvalue weighted by Gasteiger charge is -2.31. The Hall–Kier alpha value is -2.93. The molecule has 2 aromatic rings. The monoisotopic (exact) mass is 416 g/mol. The molecule has 1 heterocycles. The summed E-state index contributed by atoms with van der Waals surface area (Å²) in [5.74, 6) is -0.613. The number of aromatic hydroxyl groups is 3. The first-order valence-electron chi connectivity index (χ1n) is 10.3. The number of rotatable bonds is 8. The second-order valence-corrected chi connectivity index (χ2v) is 7.62. The predicted octanol–water partition coefficient (Wildman–Crippen LogP) is 4.11. The number of carbonyl (C=O) groups excluding carboxylic acids is 1. The molecule has 1 aliphatic rings. The second kappa shape index (κ2) is 9.71. The summed E-state index contributed by atoms with van der Waals surface area (Å²) in [5, 5.41) is 40.4. The van der Waals surface area contributed by atoms with Crippen LogP contribution in [0.25, 0.3) is 0 Å². The molecule has 7 heteroatoms. The fraction of sp³-hybridized carbons (Fsp3) is 0.435. The maximum Gasteiger partial charge on any atom is 0.311 e. The number of phenols is 3. The van der Waals surface area contributed by atoms with Crippen LogP contribution in [0.15, 0.2) is 30.3 Å². The van der Waals surface area contributed by atoms with E-state index < -0.39 is 18.2 Å². The molecule has 3 rings (SSSR count). The number of esters is 1. The van der Waals surface area contributed by atoms with Gasteiger partial charge in [0.1, 0.15) is 23.4 Å². The van der Waals surface area contributed by atoms with Gasteiger partial charge in [0.2, 0.25) is 0 Å². The zero-order valence-electron chi connectivity index (χ0n) is 17.0. The van der Waals surface area contributed by atoms with Crippen molar-refractivity contribution in [3.8, 4) is 28.7 Å². The molecule has 30 heavy (non-hydrogen) atoms. The van der Waals surface area contributed by atoms with E-state index in [0.717, 1.165) is 32.1 Å². The molecule has 1 unspecified atom stereocenters. The van der Waals surface area contributed by atoms with Gasteiger partial charge in [-0.15, -0.1) is 0 Å². The van der Waals surface area contributed by atoms with Gasteiger partial charge < -0.3 is 29.9 Å². The van der Waals surface area contributed by atoms with Gasteiger partial charge in [-0.1, -0.05) is 38.7 Å². The largest absolute Gasteiger partial charge is 0.508 e. The molecule has 4 N–H and O–H groups in total. The van der Waals surface area contributed by atoms with E-state index in [1.807, 2.05) is 0 Å². The first kappa shape index (κ1) is 21.8. The number of aliphatic hydroxyl groups excluding tert-OH is 1. The molecular formula is C23H28O7. The average molecular weight is 416 g/mol. The quantitative estimate of drug-likeness (QED) is 0.291. The van der Waals surface area contributed by atoms with Gasteiger partial charge in [-0.25, -0.2) is 0 Å². The van der Waals surface area contributed by atoms with Gasteiger partial charge in [0.05, 0.1) is 6.10 Å². The Kier molecular flexibility index (Phi) is 7.05. The summed E-state index contributed by atoms with van der Waals surface area (Å²) in [7, 11) is 0. The van der Waals surface area contributed by atoms with Gasteiger partial charge in [-0.05, 0) is 24.1 Å². The molecule has 2 atom stereocenters. The third kappa shape index (κ3) is 5.16. The number of benzene rings is 2. The molecule has 0 aromatic heterocycles. The van der Waals surface area contributed by atoms with Gasteiger partial charge in [0, 0.05) is 30.5 Å². The molecule has 0 saturated carbocycles. The minimum atomic E-state index is -0.969. The number of phenolic OH excluding ortho intramolecular Hbond substituents is 3. The van der Waals surface area contributed by atoms with Gasteiger partial charge in [-0.2, -0.15) is 0 Å². The number of fused-ring (bicyclic) bond motifs is 1. The highest BCUT2D eigenvalue weighted by atomic mass is 16.5. The maximum atomic E-state index is 12.0. The van der Waals surface area contributed by atoms with Gasteiger partial charge in [-0.3, -0.25) is 4.79 Å². The van der Waals surface area contributed by atoms with Gasteiger partial charge >= 0.3 is 5.97 Å². The summed E-state index contributed by atoms with van der Waals surface area (Å²) in [6, 6.07) is 7.00. The smallest absolute Gasteiger partial charge is 0.311 e. The Bertz CT molecular complexity index is 893. The van der Waals surface area contributed by atoms with Crippen LogP contribution in [0.3, 0.4) is 0 Å². The number of carbonyl (C=O) groups is 1. The van der Waals surface area contributed by atoms with Crippen molar-refractivity contribution in [3.05, 3.63) is 41.5 Å². The first-order chi connectivity index (χ1) is 14.4. The van der Waals surface area contributed by atoms with E-state index in [1.54, 1.807) is 6.07 Å². The summed E-state index contributed by atoms with van der Waals surface area (Å²) in [6.07, 6.45) is 3.73. The number of unbranched alkanes of at least 4 members (excludes halogenated alkanes) is 4. The minimum Gasteiger partial charge on any atom is -0.508 e. The Morgan fingerprint density at radius 2 is 1.83 bits per heavy atom. The molecular weight excluding hydrogens is 388 g/mol. The minimum absolute atomic E-state index is 0.0540. The number of hydrogen-bond acceptors (Lipinski definition) is 7. The second-order valence-electron chi connectivity index (χ2n) is 7.62.